The number of halogens is 1. The molecule has 2 N–H and O–H groups in total. The second-order valence-corrected chi connectivity index (χ2v) is 8.78. The first-order chi connectivity index (χ1) is 14.6. The van der Waals surface area contributed by atoms with Crippen LogP contribution in [-0.2, 0) is 11.3 Å². The maximum atomic E-state index is 11.6. The van der Waals surface area contributed by atoms with Crippen LogP contribution in [0.15, 0.2) is 29.3 Å². The molecular weight excluding hydrogens is 501 g/mol. The van der Waals surface area contributed by atoms with Gasteiger partial charge in [0.1, 0.15) is 0 Å². The van der Waals surface area contributed by atoms with Gasteiger partial charge in [0.05, 0.1) is 0 Å². The van der Waals surface area contributed by atoms with Gasteiger partial charge in [-0.25, -0.2) is 0 Å². The van der Waals surface area contributed by atoms with Crippen molar-refractivity contribution in [1.82, 2.24) is 15.5 Å². The number of hydrogen-bond donors (Lipinski definition) is 2. The fourth-order valence-electron chi connectivity index (χ4n) is 4.75. The predicted molar refractivity (Wildman–Crippen MR) is 140 cm³/mol. The van der Waals surface area contributed by atoms with Crippen LogP contribution in [0.3, 0.4) is 0 Å². The lowest BCUT2D eigenvalue weighted by atomic mass is 9.93. The molecule has 174 valence electrons. The zero-order chi connectivity index (χ0) is 21.3. The van der Waals surface area contributed by atoms with E-state index in [2.05, 4.69) is 56.7 Å². The van der Waals surface area contributed by atoms with Crippen molar-refractivity contribution < 1.29 is 4.79 Å². The van der Waals surface area contributed by atoms with Crippen molar-refractivity contribution in [2.24, 2.45) is 10.9 Å². The molecule has 0 spiro atoms. The molecule has 3 rings (SSSR count). The van der Waals surface area contributed by atoms with Crippen molar-refractivity contribution in [3.63, 3.8) is 0 Å². The quantitative estimate of drug-likeness (QED) is 0.325. The van der Waals surface area contributed by atoms with E-state index >= 15 is 0 Å². The van der Waals surface area contributed by atoms with Crippen molar-refractivity contribution in [2.75, 3.05) is 39.1 Å². The summed E-state index contributed by atoms with van der Waals surface area (Å²) in [5.74, 6) is 1.58. The molecule has 0 radical (unpaired) electrons. The minimum Gasteiger partial charge on any atom is -0.372 e. The molecule has 1 aliphatic carbocycles. The molecule has 1 amide bonds. The highest BCUT2D eigenvalue weighted by atomic mass is 127. The van der Waals surface area contributed by atoms with Crippen molar-refractivity contribution in [3.05, 3.63) is 29.8 Å². The summed E-state index contributed by atoms with van der Waals surface area (Å²) < 4.78 is 0. The fourth-order valence-corrected chi connectivity index (χ4v) is 4.75. The molecule has 2 fully saturated rings. The number of carbonyl (C=O) groups is 1. The molecule has 1 saturated heterocycles. The van der Waals surface area contributed by atoms with Gasteiger partial charge >= 0.3 is 0 Å². The zero-order valence-electron chi connectivity index (χ0n) is 19.4. The van der Waals surface area contributed by atoms with E-state index in [0.717, 1.165) is 38.4 Å². The van der Waals surface area contributed by atoms with Crippen LogP contribution in [0.4, 0.5) is 5.69 Å². The number of nitrogens with one attached hydrogen (secondary N) is 2. The highest BCUT2D eigenvalue weighted by molar-refractivity contribution is 14.0. The Kier molecular flexibility index (Phi) is 10.9. The van der Waals surface area contributed by atoms with Crippen LogP contribution >= 0.6 is 24.0 Å². The Balaban J connectivity index is 0.00000341. The molecule has 0 bridgehead atoms. The Hall–Kier alpha value is -1.51. The number of aliphatic imine (C=N–C) groups is 1. The van der Waals surface area contributed by atoms with Crippen molar-refractivity contribution in [3.8, 4) is 0 Å². The second-order valence-electron chi connectivity index (χ2n) is 8.78. The summed E-state index contributed by atoms with van der Waals surface area (Å²) in [6.45, 7) is 2.68. The van der Waals surface area contributed by atoms with Gasteiger partial charge in [-0.1, -0.05) is 31.4 Å². The van der Waals surface area contributed by atoms with Crippen molar-refractivity contribution in [2.45, 2.75) is 64.0 Å². The Morgan fingerprint density at radius 1 is 1.10 bits per heavy atom. The number of guanidine groups is 1. The van der Waals surface area contributed by atoms with Crippen LogP contribution in [0.1, 0.15) is 56.9 Å². The van der Waals surface area contributed by atoms with Crippen LogP contribution in [0, 0.1) is 5.92 Å². The van der Waals surface area contributed by atoms with Gasteiger partial charge in [0, 0.05) is 58.9 Å². The standard InChI is InChI=1S/C24H39N5O.HI/c1-25-23(30)17-19-13-15-29(16-14-19)24(26-2)27-18-20-9-11-22(12-10-20)28(3)21-7-5-4-6-8-21;/h9-12,19,21H,4-8,13-18H2,1-3H3,(H,25,30)(H,26,27);1H. The SMILES string of the molecule is CN=C(NCc1ccc(N(C)C2CCCCC2)cc1)N1CCC(CC(=O)NC)CC1.I. The number of amides is 1. The van der Waals surface area contributed by atoms with Crippen LogP contribution in [0.25, 0.3) is 0 Å². The minimum absolute atomic E-state index is 0. The van der Waals surface area contributed by atoms with E-state index in [4.69, 9.17) is 0 Å². The third-order valence-electron chi connectivity index (χ3n) is 6.80. The summed E-state index contributed by atoms with van der Waals surface area (Å²) in [4.78, 5) is 20.9. The van der Waals surface area contributed by atoms with Crippen molar-refractivity contribution >= 4 is 41.5 Å². The smallest absolute Gasteiger partial charge is 0.220 e. The van der Waals surface area contributed by atoms with Crippen molar-refractivity contribution in [1.29, 1.82) is 0 Å². The Morgan fingerprint density at radius 3 is 2.32 bits per heavy atom. The third-order valence-corrected chi connectivity index (χ3v) is 6.80. The first kappa shape index (κ1) is 25.7. The number of hydrogen-bond acceptors (Lipinski definition) is 3. The lowest BCUT2D eigenvalue weighted by Crippen LogP contribution is -2.45. The average Bonchev–Trinajstić information content (AvgIpc) is 2.81. The van der Waals surface area contributed by atoms with Gasteiger partial charge in [-0.05, 0) is 49.3 Å². The molecule has 1 heterocycles. The van der Waals surface area contributed by atoms with Gasteiger partial charge in [0.15, 0.2) is 5.96 Å². The molecule has 0 aromatic heterocycles. The summed E-state index contributed by atoms with van der Waals surface area (Å²) in [6, 6.07) is 9.64. The van der Waals surface area contributed by atoms with E-state index in [1.807, 2.05) is 7.05 Å². The lowest BCUT2D eigenvalue weighted by molar-refractivity contribution is -0.121. The molecule has 7 heteroatoms. The van der Waals surface area contributed by atoms with Crippen LogP contribution in [0.2, 0.25) is 0 Å². The lowest BCUT2D eigenvalue weighted by Gasteiger charge is -2.34. The Labute approximate surface area is 205 Å². The van der Waals surface area contributed by atoms with Gasteiger partial charge in [-0.15, -0.1) is 24.0 Å². The Bertz CT molecular complexity index is 694. The number of piperidine rings is 1. The summed E-state index contributed by atoms with van der Waals surface area (Å²) in [5.41, 5.74) is 2.58. The highest BCUT2D eigenvalue weighted by Crippen LogP contribution is 2.26. The number of carbonyl (C=O) groups excluding carboxylic acids is 1. The minimum atomic E-state index is 0. The zero-order valence-corrected chi connectivity index (χ0v) is 21.7. The third kappa shape index (κ3) is 7.54. The topological polar surface area (TPSA) is 60.0 Å². The normalized spacial score (nSPS) is 18.3. The van der Waals surface area contributed by atoms with Gasteiger partial charge in [0.25, 0.3) is 0 Å². The summed E-state index contributed by atoms with van der Waals surface area (Å²) in [5, 5.41) is 6.25. The monoisotopic (exact) mass is 541 g/mol. The largest absolute Gasteiger partial charge is 0.372 e. The molecule has 1 aromatic rings. The van der Waals surface area contributed by atoms with Crippen LogP contribution < -0.4 is 15.5 Å². The van der Waals surface area contributed by atoms with E-state index in [-0.39, 0.29) is 29.9 Å². The van der Waals surface area contributed by atoms with Gasteiger partial charge in [-0.2, -0.15) is 0 Å². The number of rotatable bonds is 6. The number of benzene rings is 1. The molecule has 6 nitrogen and oxygen atoms in total. The summed E-state index contributed by atoms with van der Waals surface area (Å²) >= 11 is 0. The van der Waals surface area contributed by atoms with Gasteiger partial charge in [-0.3, -0.25) is 9.79 Å². The van der Waals surface area contributed by atoms with Crippen LogP contribution in [0.5, 0.6) is 0 Å². The average molecular weight is 542 g/mol. The van der Waals surface area contributed by atoms with E-state index < -0.39 is 0 Å². The molecule has 1 aliphatic heterocycles. The molecule has 0 atom stereocenters. The highest BCUT2D eigenvalue weighted by Gasteiger charge is 2.23. The molecule has 0 unspecified atom stereocenters. The maximum Gasteiger partial charge on any atom is 0.220 e. The molecular formula is C24H40IN5O. The first-order valence-electron chi connectivity index (χ1n) is 11.6. The van der Waals surface area contributed by atoms with Gasteiger partial charge < -0.3 is 20.4 Å². The Morgan fingerprint density at radius 2 is 1.74 bits per heavy atom. The molecule has 31 heavy (non-hydrogen) atoms. The second kappa shape index (κ2) is 13.1. The number of nitrogens with zero attached hydrogens (tertiary/aromatic N) is 3. The number of likely N-dealkylation sites (tertiary alicyclic amines) is 1. The first-order valence-corrected chi connectivity index (χ1v) is 11.6. The summed E-state index contributed by atoms with van der Waals surface area (Å²) in [7, 11) is 5.80. The van der Waals surface area contributed by atoms with Gasteiger partial charge in [0.2, 0.25) is 5.91 Å². The molecule has 2 aliphatic rings. The van der Waals surface area contributed by atoms with Crippen LogP contribution in [-0.4, -0.2) is 57.0 Å². The predicted octanol–water partition coefficient (Wildman–Crippen LogP) is 4.00. The van der Waals surface area contributed by atoms with E-state index in [0.29, 0.717) is 18.4 Å². The fraction of sp³-hybridized carbons (Fsp3) is 0.667. The molecule has 1 aromatic carbocycles. The molecule has 1 saturated carbocycles. The number of anilines is 1. The van der Waals surface area contributed by atoms with E-state index in [9.17, 15) is 4.79 Å². The van der Waals surface area contributed by atoms with E-state index in [1.165, 1.54) is 43.4 Å². The maximum absolute atomic E-state index is 11.6. The van der Waals surface area contributed by atoms with E-state index in [1.54, 1.807) is 7.05 Å². The summed E-state index contributed by atoms with van der Waals surface area (Å²) in [6.07, 6.45) is 9.46.